The lowest BCUT2D eigenvalue weighted by Gasteiger charge is -2.31. The van der Waals surface area contributed by atoms with E-state index in [1.807, 2.05) is 32.6 Å². The Morgan fingerprint density at radius 3 is 2.50 bits per heavy atom. The number of carbonyl (C=O) groups is 3. The number of thiophene rings is 1. The maximum absolute atomic E-state index is 12.8. The molecule has 2 aromatic rings. The molecule has 3 amide bonds. The van der Waals surface area contributed by atoms with Gasteiger partial charge in [-0.3, -0.25) is 19.3 Å². The van der Waals surface area contributed by atoms with E-state index in [0.29, 0.717) is 22.2 Å². The molecule has 0 aromatic carbocycles. The van der Waals surface area contributed by atoms with Crippen LogP contribution in [0.1, 0.15) is 44.2 Å². The van der Waals surface area contributed by atoms with Gasteiger partial charge in [-0.15, -0.1) is 22.7 Å². The average Bonchev–Trinajstić information content (AvgIpc) is 3.12. The molecule has 3 heterocycles. The standard InChI is InChI=1S/C20H27N5O3S2/c1-10-12(3)29-19(16(10)17(21)27)24-18(28)14-6-5-7-25(8-14)9-15(26)23-20-22-11(2)13(4)30-20/h14H,5-9H2,1-4H3,(H2,21,27)(H,24,28)(H,22,23,26). The number of amides is 3. The van der Waals surface area contributed by atoms with Gasteiger partial charge in [0.15, 0.2) is 5.13 Å². The molecule has 10 heteroatoms. The van der Waals surface area contributed by atoms with Crippen LogP contribution in [0.2, 0.25) is 0 Å². The first kappa shape index (κ1) is 22.4. The summed E-state index contributed by atoms with van der Waals surface area (Å²) in [5, 5.41) is 6.84. The molecule has 162 valence electrons. The average molecular weight is 450 g/mol. The fraction of sp³-hybridized carbons (Fsp3) is 0.500. The highest BCUT2D eigenvalue weighted by atomic mass is 32.1. The first-order chi connectivity index (χ1) is 14.2. The van der Waals surface area contributed by atoms with Gasteiger partial charge in [-0.1, -0.05) is 0 Å². The van der Waals surface area contributed by atoms with Crippen molar-refractivity contribution in [3.05, 3.63) is 26.6 Å². The van der Waals surface area contributed by atoms with E-state index >= 15 is 0 Å². The number of nitrogens with zero attached hydrogens (tertiary/aromatic N) is 2. The van der Waals surface area contributed by atoms with E-state index in [1.165, 1.54) is 22.7 Å². The first-order valence-electron chi connectivity index (χ1n) is 9.82. The van der Waals surface area contributed by atoms with E-state index in [4.69, 9.17) is 5.73 Å². The molecular weight excluding hydrogens is 422 g/mol. The number of aromatic nitrogens is 1. The zero-order valence-corrected chi connectivity index (χ0v) is 19.3. The number of likely N-dealkylation sites (tertiary alicyclic amines) is 1. The molecule has 30 heavy (non-hydrogen) atoms. The van der Waals surface area contributed by atoms with Crippen molar-refractivity contribution in [1.82, 2.24) is 9.88 Å². The number of carbonyl (C=O) groups excluding carboxylic acids is 3. The molecule has 1 fully saturated rings. The van der Waals surface area contributed by atoms with Crippen molar-refractivity contribution in [3.8, 4) is 0 Å². The van der Waals surface area contributed by atoms with Crippen molar-refractivity contribution in [2.24, 2.45) is 11.7 Å². The van der Waals surface area contributed by atoms with Crippen molar-refractivity contribution in [3.63, 3.8) is 0 Å². The Morgan fingerprint density at radius 2 is 1.87 bits per heavy atom. The van der Waals surface area contributed by atoms with Gasteiger partial charge in [0.1, 0.15) is 5.00 Å². The highest BCUT2D eigenvalue weighted by Crippen LogP contribution is 2.33. The van der Waals surface area contributed by atoms with Gasteiger partial charge in [0.05, 0.1) is 23.7 Å². The van der Waals surface area contributed by atoms with Gasteiger partial charge in [-0.25, -0.2) is 4.98 Å². The topological polar surface area (TPSA) is 117 Å². The molecule has 0 bridgehead atoms. The molecule has 1 unspecified atom stereocenters. The minimum atomic E-state index is -0.540. The number of aryl methyl sites for hydroxylation is 3. The zero-order valence-electron chi connectivity index (χ0n) is 17.6. The number of nitrogens with one attached hydrogen (secondary N) is 2. The monoisotopic (exact) mass is 449 g/mol. The molecule has 1 atom stereocenters. The second-order valence-electron chi connectivity index (χ2n) is 7.62. The molecule has 0 spiro atoms. The number of nitrogens with two attached hydrogens (primary N) is 1. The Bertz CT molecular complexity index is 962. The third-order valence-corrected chi connectivity index (χ3v) is 7.50. The SMILES string of the molecule is Cc1nc(NC(=O)CN2CCCC(C(=O)Nc3sc(C)c(C)c3C(N)=O)C2)sc1C. The third kappa shape index (κ3) is 5.05. The Kier molecular flexibility index (Phi) is 6.89. The van der Waals surface area contributed by atoms with Crippen LogP contribution in [0.3, 0.4) is 0 Å². The summed E-state index contributed by atoms with van der Waals surface area (Å²) in [4.78, 5) is 45.4. The Balaban J connectivity index is 1.59. The van der Waals surface area contributed by atoms with Crippen LogP contribution in [0, 0.1) is 33.6 Å². The lowest BCUT2D eigenvalue weighted by Crippen LogP contribution is -2.44. The van der Waals surface area contributed by atoms with E-state index in [0.717, 1.165) is 40.4 Å². The highest BCUT2D eigenvalue weighted by Gasteiger charge is 2.29. The molecule has 8 nitrogen and oxygen atoms in total. The summed E-state index contributed by atoms with van der Waals surface area (Å²) in [7, 11) is 0. The lowest BCUT2D eigenvalue weighted by molar-refractivity contribution is -0.123. The number of primary amides is 1. The van der Waals surface area contributed by atoms with Crippen LogP contribution in [0.4, 0.5) is 10.1 Å². The smallest absolute Gasteiger partial charge is 0.251 e. The van der Waals surface area contributed by atoms with Gasteiger partial charge in [0.25, 0.3) is 5.91 Å². The maximum Gasteiger partial charge on any atom is 0.251 e. The Hall–Kier alpha value is -2.30. The number of hydrogen-bond acceptors (Lipinski definition) is 7. The summed E-state index contributed by atoms with van der Waals surface area (Å²) in [5.74, 6) is -1.07. The second-order valence-corrected chi connectivity index (χ2v) is 10.1. The van der Waals surface area contributed by atoms with E-state index in [-0.39, 0.29) is 24.3 Å². The van der Waals surface area contributed by atoms with Crippen LogP contribution in [0.15, 0.2) is 0 Å². The fourth-order valence-corrected chi connectivity index (χ4v) is 5.43. The first-order valence-corrected chi connectivity index (χ1v) is 11.5. The zero-order chi connectivity index (χ0) is 22.0. The third-order valence-electron chi connectivity index (χ3n) is 5.39. The van der Waals surface area contributed by atoms with E-state index in [1.54, 1.807) is 0 Å². The number of hydrogen-bond donors (Lipinski definition) is 3. The maximum atomic E-state index is 12.8. The van der Waals surface area contributed by atoms with E-state index in [2.05, 4.69) is 15.6 Å². The van der Waals surface area contributed by atoms with Crippen LogP contribution < -0.4 is 16.4 Å². The van der Waals surface area contributed by atoms with E-state index in [9.17, 15) is 14.4 Å². The summed E-state index contributed by atoms with van der Waals surface area (Å²) < 4.78 is 0. The van der Waals surface area contributed by atoms with Gasteiger partial charge >= 0.3 is 0 Å². The fourth-order valence-electron chi connectivity index (χ4n) is 3.53. The van der Waals surface area contributed by atoms with Gasteiger partial charge < -0.3 is 16.4 Å². The minimum Gasteiger partial charge on any atom is -0.365 e. The van der Waals surface area contributed by atoms with Crippen LogP contribution in [0.5, 0.6) is 0 Å². The van der Waals surface area contributed by atoms with Gasteiger partial charge in [-0.2, -0.15) is 0 Å². The van der Waals surface area contributed by atoms with Crippen molar-refractivity contribution in [2.75, 3.05) is 30.3 Å². The van der Waals surface area contributed by atoms with Crippen LogP contribution in [-0.2, 0) is 9.59 Å². The largest absolute Gasteiger partial charge is 0.365 e. The number of anilines is 2. The summed E-state index contributed by atoms with van der Waals surface area (Å²) in [5.41, 5.74) is 7.59. The number of thiazole rings is 1. The van der Waals surface area contributed by atoms with Crippen LogP contribution in [0.25, 0.3) is 0 Å². The molecule has 0 radical (unpaired) electrons. The predicted molar refractivity (Wildman–Crippen MR) is 120 cm³/mol. The molecule has 1 aliphatic heterocycles. The van der Waals surface area contributed by atoms with E-state index < -0.39 is 5.91 Å². The number of rotatable bonds is 6. The summed E-state index contributed by atoms with van der Waals surface area (Å²) in [6.07, 6.45) is 1.57. The summed E-state index contributed by atoms with van der Waals surface area (Å²) in [6.45, 7) is 9.07. The van der Waals surface area contributed by atoms with Crippen molar-refractivity contribution < 1.29 is 14.4 Å². The molecule has 2 aromatic heterocycles. The van der Waals surface area contributed by atoms with Gasteiger partial charge in [-0.05, 0) is 52.6 Å². The second kappa shape index (κ2) is 9.23. The molecule has 0 saturated carbocycles. The lowest BCUT2D eigenvalue weighted by atomic mass is 9.97. The Morgan fingerprint density at radius 1 is 1.13 bits per heavy atom. The molecule has 1 aliphatic rings. The van der Waals surface area contributed by atoms with Crippen LogP contribution >= 0.6 is 22.7 Å². The predicted octanol–water partition coefficient (Wildman–Crippen LogP) is 2.83. The number of piperidine rings is 1. The van der Waals surface area contributed by atoms with Crippen molar-refractivity contribution >= 4 is 50.5 Å². The summed E-state index contributed by atoms with van der Waals surface area (Å²) in [6, 6.07) is 0. The van der Waals surface area contributed by atoms with Crippen molar-refractivity contribution in [2.45, 2.75) is 40.5 Å². The van der Waals surface area contributed by atoms with Gasteiger partial charge in [0, 0.05) is 16.3 Å². The Labute approximate surface area is 183 Å². The molecular formula is C20H27N5O3S2. The highest BCUT2D eigenvalue weighted by molar-refractivity contribution is 7.17. The van der Waals surface area contributed by atoms with Gasteiger partial charge in [0.2, 0.25) is 11.8 Å². The quantitative estimate of drug-likeness (QED) is 0.627. The molecule has 1 saturated heterocycles. The molecule has 4 N–H and O–H groups in total. The normalized spacial score (nSPS) is 17.0. The molecule has 0 aliphatic carbocycles. The minimum absolute atomic E-state index is 0.134. The molecule has 3 rings (SSSR count). The van der Waals surface area contributed by atoms with Crippen LogP contribution in [-0.4, -0.2) is 47.2 Å². The van der Waals surface area contributed by atoms with Crippen molar-refractivity contribution in [1.29, 1.82) is 0 Å². The summed E-state index contributed by atoms with van der Waals surface area (Å²) >= 11 is 2.82.